The predicted molar refractivity (Wildman–Crippen MR) is 71.1 cm³/mol. The third-order valence-corrected chi connectivity index (χ3v) is 3.98. The summed E-state index contributed by atoms with van der Waals surface area (Å²) in [7, 11) is 0. The van der Waals surface area contributed by atoms with E-state index in [1.54, 1.807) is 11.3 Å². The zero-order chi connectivity index (χ0) is 12.1. The van der Waals surface area contributed by atoms with Gasteiger partial charge in [-0.15, -0.1) is 0 Å². The molecule has 1 aromatic rings. The fourth-order valence-electron chi connectivity index (χ4n) is 2.17. The number of rotatable bonds is 3. The van der Waals surface area contributed by atoms with Crippen LogP contribution in [0.1, 0.15) is 44.2 Å². The average Bonchev–Trinajstić information content (AvgIpc) is 2.71. The van der Waals surface area contributed by atoms with Crippen LogP contribution in [0.3, 0.4) is 0 Å². The van der Waals surface area contributed by atoms with Crippen LogP contribution in [0, 0.1) is 0 Å². The van der Waals surface area contributed by atoms with Crippen molar-refractivity contribution in [1.82, 2.24) is 10.6 Å². The van der Waals surface area contributed by atoms with Crippen LogP contribution in [-0.2, 0) is 4.79 Å². The highest BCUT2D eigenvalue weighted by Gasteiger charge is 2.21. The number of hydrogen-bond donors (Lipinski definition) is 2. The van der Waals surface area contributed by atoms with Gasteiger partial charge in [0.05, 0.1) is 12.1 Å². The monoisotopic (exact) mass is 252 g/mol. The molecule has 1 aromatic heterocycles. The van der Waals surface area contributed by atoms with Crippen LogP contribution in [0.25, 0.3) is 0 Å². The van der Waals surface area contributed by atoms with Crippen molar-refractivity contribution < 1.29 is 4.79 Å². The van der Waals surface area contributed by atoms with Gasteiger partial charge in [-0.05, 0) is 48.7 Å². The first kappa shape index (κ1) is 12.6. The van der Waals surface area contributed by atoms with E-state index in [2.05, 4.69) is 22.1 Å². The molecule has 4 heteroatoms. The van der Waals surface area contributed by atoms with Crippen LogP contribution >= 0.6 is 11.3 Å². The Balaban J connectivity index is 1.87. The van der Waals surface area contributed by atoms with Gasteiger partial charge in [-0.25, -0.2) is 0 Å². The van der Waals surface area contributed by atoms with E-state index >= 15 is 0 Å². The SMILES string of the molecule is CC(NC(=O)C1CCCCCN1)c1ccsc1. The number of amides is 1. The number of thiophene rings is 1. The van der Waals surface area contributed by atoms with Gasteiger partial charge in [0.1, 0.15) is 0 Å². The van der Waals surface area contributed by atoms with Gasteiger partial charge in [-0.3, -0.25) is 4.79 Å². The largest absolute Gasteiger partial charge is 0.348 e. The van der Waals surface area contributed by atoms with Gasteiger partial charge in [0.15, 0.2) is 0 Å². The summed E-state index contributed by atoms with van der Waals surface area (Å²) in [5.41, 5.74) is 1.19. The first-order chi connectivity index (χ1) is 8.27. The van der Waals surface area contributed by atoms with Crippen molar-refractivity contribution in [2.45, 2.75) is 44.7 Å². The lowest BCUT2D eigenvalue weighted by Gasteiger charge is -2.19. The molecule has 1 fully saturated rings. The molecule has 0 radical (unpaired) electrons. The van der Waals surface area contributed by atoms with Crippen molar-refractivity contribution in [3.8, 4) is 0 Å². The van der Waals surface area contributed by atoms with E-state index in [0.717, 1.165) is 19.4 Å². The molecule has 1 aliphatic rings. The highest BCUT2D eigenvalue weighted by atomic mass is 32.1. The zero-order valence-corrected chi connectivity index (χ0v) is 11.1. The Morgan fingerprint density at radius 1 is 1.53 bits per heavy atom. The fourth-order valence-corrected chi connectivity index (χ4v) is 2.93. The number of hydrogen-bond acceptors (Lipinski definition) is 3. The molecule has 2 heterocycles. The van der Waals surface area contributed by atoms with Crippen molar-refractivity contribution in [3.05, 3.63) is 22.4 Å². The van der Waals surface area contributed by atoms with Crippen LogP contribution in [0.15, 0.2) is 16.8 Å². The Kier molecular flexibility index (Phi) is 4.57. The molecular formula is C13H20N2OS. The van der Waals surface area contributed by atoms with E-state index in [1.807, 2.05) is 12.3 Å². The second-order valence-corrected chi connectivity index (χ2v) is 5.42. The summed E-state index contributed by atoms with van der Waals surface area (Å²) in [5, 5.41) is 10.5. The molecule has 2 rings (SSSR count). The maximum Gasteiger partial charge on any atom is 0.237 e. The lowest BCUT2D eigenvalue weighted by atomic mass is 10.1. The van der Waals surface area contributed by atoms with Gasteiger partial charge in [0, 0.05) is 0 Å². The first-order valence-electron chi connectivity index (χ1n) is 6.33. The molecule has 0 aliphatic carbocycles. The number of carbonyl (C=O) groups excluding carboxylic acids is 1. The lowest BCUT2D eigenvalue weighted by Crippen LogP contribution is -2.44. The molecular weight excluding hydrogens is 232 g/mol. The molecule has 3 nitrogen and oxygen atoms in total. The average molecular weight is 252 g/mol. The summed E-state index contributed by atoms with van der Waals surface area (Å²) in [6.45, 7) is 3.00. The Morgan fingerprint density at radius 2 is 2.41 bits per heavy atom. The zero-order valence-electron chi connectivity index (χ0n) is 10.2. The molecule has 0 spiro atoms. The van der Waals surface area contributed by atoms with E-state index < -0.39 is 0 Å². The first-order valence-corrected chi connectivity index (χ1v) is 7.27. The van der Waals surface area contributed by atoms with Gasteiger partial charge in [-0.1, -0.05) is 12.8 Å². The molecule has 0 saturated carbocycles. The standard InChI is InChI=1S/C13H20N2OS/c1-10(11-6-8-17-9-11)15-13(16)12-5-3-2-4-7-14-12/h6,8-10,12,14H,2-5,7H2,1H3,(H,15,16). The minimum Gasteiger partial charge on any atom is -0.348 e. The van der Waals surface area contributed by atoms with Crippen molar-refractivity contribution in [2.24, 2.45) is 0 Å². The molecule has 1 saturated heterocycles. The lowest BCUT2D eigenvalue weighted by molar-refractivity contribution is -0.123. The quantitative estimate of drug-likeness (QED) is 0.867. The van der Waals surface area contributed by atoms with Crippen molar-refractivity contribution in [1.29, 1.82) is 0 Å². The Hall–Kier alpha value is -0.870. The maximum absolute atomic E-state index is 12.1. The predicted octanol–water partition coefficient (Wildman–Crippen LogP) is 2.46. The summed E-state index contributed by atoms with van der Waals surface area (Å²) in [5.74, 6) is 0.144. The molecule has 0 bridgehead atoms. The van der Waals surface area contributed by atoms with Crippen LogP contribution in [0.5, 0.6) is 0 Å². The van der Waals surface area contributed by atoms with Gasteiger partial charge in [0.25, 0.3) is 0 Å². The minimum atomic E-state index is -0.00131. The third kappa shape index (κ3) is 3.54. The molecule has 0 aromatic carbocycles. The second kappa shape index (κ2) is 6.17. The Bertz CT molecular complexity index is 342. The fraction of sp³-hybridized carbons (Fsp3) is 0.615. The molecule has 1 amide bonds. The highest BCUT2D eigenvalue weighted by Crippen LogP contribution is 2.16. The van der Waals surface area contributed by atoms with Crippen LogP contribution in [-0.4, -0.2) is 18.5 Å². The van der Waals surface area contributed by atoms with Gasteiger partial charge >= 0.3 is 0 Å². The topological polar surface area (TPSA) is 41.1 Å². The number of carbonyl (C=O) groups is 1. The summed E-state index contributed by atoms with van der Waals surface area (Å²) >= 11 is 1.67. The van der Waals surface area contributed by atoms with Crippen molar-refractivity contribution in [3.63, 3.8) is 0 Å². The normalized spacial score (nSPS) is 22.8. The Morgan fingerprint density at radius 3 is 3.18 bits per heavy atom. The van der Waals surface area contributed by atoms with Crippen LogP contribution in [0.2, 0.25) is 0 Å². The summed E-state index contributed by atoms with van der Waals surface area (Å²) in [6.07, 6.45) is 4.53. The third-order valence-electron chi connectivity index (χ3n) is 3.28. The van der Waals surface area contributed by atoms with Crippen LogP contribution in [0.4, 0.5) is 0 Å². The van der Waals surface area contributed by atoms with E-state index in [0.29, 0.717) is 0 Å². The van der Waals surface area contributed by atoms with E-state index in [1.165, 1.54) is 18.4 Å². The van der Waals surface area contributed by atoms with E-state index in [-0.39, 0.29) is 18.0 Å². The van der Waals surface area contributed by atoms with Gasteiger partial charge in [0.2, 0.25) is 5.91 Å². The second-order valence-electron chi connectivity index (χ2n) is 4.64. The molecule has 2 unspecified atom stereocenters. The maximum atomic E-state index is 12.1. The van der Waals surface area contributed by atoms with Gasteiger partial charge in [-0.2, -0.15) is 11.3 Å². The van der Waals surface area contributed by atoms with Crippen molar-refractivity contribution >= 4 is 17.2 Å². The van der Waals surface area contributed by atoms with Gasteiger partial charge < -0.3 is 10.6 Å². The molecule has 2 N–H and O–H groups in total. The summed E-state index contributed by atoms with van der Waals surface area (Å²) in [6, 6.07) is 2.17. The summed E-state index contributed by atoms with van der Waals surface area (Å²) in [4.78, 5) is 12.1. The minimum absolute atomic E-state index is 0.00131. The van der Waals surface area contributed by atoms with E-state index in [4.69, 9.17) is 0 Å². The highest BCUT2D eigenvalue weighted by molar-refractivity contribution is 7.07. The summed E-state index contributed by atoms with van der Waals surface area (Å²) < 4.78 is 0. The molecule has 1 aliphatic heterocycles. The Labute approximate surface area is 107 Å². The molecule has 17 heavy (non-hydrogen) atoms. The smallest absolute Gasteiger partial charge is 0.237 e. The molecule has 2 atom stereocenters. The van der Waals surface area contributed by atoms with Crippen LogP contribution < -0.4 is 10.6 Å². The van der Waals surface area contributed by atoms with Crippen molar-refractivity contribution in [2.75, 3.05) is 6.54 Å². The molecule has 94 valence electrons. The van der Waals surface area contributed by atoms with E-state index in [9.17, 15) is 4.79 Å². The number of nitrogens with one attached hydrogen (secondary N) is 2.